The molecule has 2 saturated heterocycles. The maximum absolute atomic E-state index is 12.4. The van der Waals surface area contributed by atoms with Crippen LogP contribution >= 0.6 is 0 Å². The van der Waals surface area contributed by atoms with Gasteiger partial charge in [0, 0.05) is 44.6 Å². The number of carbonyl (C=O) groups is 3. The normalized spacial score (nSPS) is 17.4. The van der Waals surface area contributed by atoms with Gasteiger partial charge >= 0.3 is 0 Å². The Labute approximate surface area is 173 Å². The van der Waals surface area contributed by atoms with Crippen LogP contribution in [0.1, 0.15) is 62.2 Å². The molecule has 0 saturated carbocycles. The lowest BCUT2D eigenvalue weighted by molar-refractivity contribution is -0.133. The standard InChI is InChI=1S/C23H32N2O4/c1-18(26)20-6-8-21(9-7-20)29-16-4-5-22(27)25-14-10-19(11-15-25)17-23(28)24-12-2-3-13-24/h6-9,19H,2-5,10-17H2,1H3. The number of likely N-dealkylation sites (tertiary alicyclic amines) is 2. The van der Waals surface area contributed by atoms with Crippen molar-refractivity contribution in [3.63, 3.8) is 0 Å². The Balaban J connectivity index is 1.30. The Morgan fingerprint density at radius 1 is 0.931 bits per heavy atom. The molecule has 29 heavy (non-hydrogen) atoms. The van der Waals surface area contributed by atoms with Crippen molar-refractivity contribution in [3.05, 3.63) is 29.8 Å². The first-order valence-corrected chi connectivity index (χ1v) is 10.8. The molecule has 0 spiro atoms. The van der Waals surface area contributed by atoms with E-state index in [2.05, 4.69) is 0 Å². The van der Waals surface area contributed by atoms with Crippen molar-refractivity contribution in [3.8, 4) is 5.75 Å². The van der Waals surface area contributed by atoms with E-state index >= 15 is 0 Å². The lowest BCUT2D eigenvalue weighted by Crippen LogP contribution is -2.40. The number of ketones is 1. The fraction of sp³-hybridized carbons (Fsp3) is 0.609. The van der Waals surface area contributed by atoms with Crippen LogP contribution in [0.5, 0.6) is 5.75 Å². The van der Waals surface area contributed by atoms with E-state index < -0.39 is 0 Å². The van der Waals surface area contributed by atoms with Crippen molar-refractivity contribution in [2.45, 2.75) is 51.9 Å². The van der Waals surface area contributed by atoms with Gasteiger partial charge in [-0.25, -0.2) is 0 Å². The summed E-state index contributed by atoms with van der Waals surface area (Å²) in [6, 6.07) is 7.07. The van der Waals surface area contributed by atoms with E-state index in [1.54, 1.807) is 24.3 Å². The van der Waals surface area contributed by atoms with Gasteiger partial charge in [-0.1, -0.05) is 0 Å². The predicted octanol–water partition coefficient (Wildman–Crippen LogP) is 3.30. The molecule has 0 atom stereocenters. The summed E-state index contributed by atoms with van der Waals surface area (Å²) in [6.07, 6.45) is 5.88. The molecule has 0 radical (unpaired) electrons. The molecule has 2 fully saturated rings. The second kappa shape index (κ2) is 10.4. The van der Waals surface area contributed by atoms with Crippen LogP contribution in [0.4, 0.5) is 0 Å². The van der Waals surface area contributed by atoms with Crippen molar-refractivity contribution < 1.29 is 19.1 Å². The Hall–Kier alpha value is -2.37. The number of carbonyl (C=O) groups excluding carboxylic acids is 3. The van der Waals surface area contributed by atoms with Crippen molar-refractivity contribution in [2.75, 3.05) is 32.8 Å². The summed E-state index contributed by atoms with van der Waals surface area (Å²) in [5, 5.41) is 0. The van der Waals surface area contributed by atoms with Gasteiger partial charge in [-0.2, -0.15) is 0 Å². The van der Waals surface area contributed by atoms with Crippen LogP contribution < -0.4 is 4.74 Å². The monoisotopic (exact) mass is 400 g/mol. The molecular weight excluding hydrogens is 368 g/mol. The van der Waals surface area contributed by atoms with Crippen molar-refractivity contribution in [1.82, 2.24) is 9.80 Å². The minimum absolute atomic E-state index is 0.0336. The maximum atomic E-state index is 12.4. The maximum Gasteiger partial charge on any atom is 0.222 e. The van der Waals surface area contributed by atoms with Gasteiger partial charge in [0.2, 0.25) is 11.8 Å². The molecule has 6 nitrogen and oxygen atoms in total. The fourth-order valence-electron chi connectivity index (χ4n) is 4.09. The summed E-state index contributed by atoms with van der Waals surface area (Å²) in [5.74, 6) is 1.62. The number of piperidine rings is 1. The fourth-order valence-corrected chi connectivity index (χ4v) is 4.09. The quantitative estimate of drug-likeness (QED) is 0.496. The average molecular weight is 401 g/mol. The number of hydrogen-bond acceptors (Lipinski definition) is 4. The SMILES string of the molecule is CC(=O)c1ccc(OCCCC(=O)N2CCC(CC(=O)N3CCCC3)CC2)cc1. The van der Waals surface area contributed by atoms with E-state index in [1.807, 2.05) is 9.80 Å². The number of nitrogens with zero attached hydrogens (tertiary/aromatic N) is 2. The Morgan fingerprint density at radius 3 is 2.17 bits per heavy atom. The van der Waals surface area contributed by atoms with Crippen LogP contribution in [0.3, 0.4) is 0 Å². The molecule has 3 rings (SSSR count). The first-order valence-electron chi connectivity index (χ1n) is 10.8. The Kier molecular flexibility index (Phi) is 7.67. The molecule has 0 N–H and O–H groups in total. The highest BCUT2D eigenvalue weighted by Gasteiger charge is 2.26. The minimum atomic E-state index is 0.0336. The predicted molar refractivity (Wildman–Crippen MR) is 111 cm³/mol. The smallest absolute Gasteiger partial charge is 0.222 e. The summed E-state index contributed by atoms with van der Waals surface area (Å²) in [6.45, 7) is 5.36. The number of hydrogen-bond donors (Lipinski definition) is 0. The van der Waals surface area contributed by atoms with Crippen molar-refractivity contribution >= 4 is 17.6 Å². The lowest BCUT2D eigenvalue weighted by atomic mass is 9.92. The molecular formula is C23H32N2O4. The number of Topliss-reactive ketones (excluding diaryl/α,β-unsaturated/α-hetero) is 1. The van der Waals surface area contributed by atoms with Gasteiger partial charge in [0.1, 0.15) is 5.75 Å². The summed E-state index contributed by atoms with van der Waals surface area (Å²) in [5.41, 5.74) is 0.665. The van der Waals surface area contributed by atoms with Crippen LogP contribution in [-0.2, 0) is 9.59 Å². The minimum Gasteiger partial charge on any atom is -0.494 e. The van der Waals surface area contributed by atoms with Gasteiger partial charge in [-0.3, -0.25) is 14.4 Å². The zero-order chi connectivity index (χ0) is 20.6. The van der Waals surface area contributed by atoms with E-state index in [-0.39, 0.29) is 11.7 Å². The van der Waals surface area contributed by atoms with Crippen molar-refractivity contribution in [1.29, 1.82) is 0 Å². The third-order valence-electron chi connectivity index (χ3n) is 5.95. The number of rotatable bonds is 8. The van der Waals surface area contributed by atoms with E-state index in [0.717, 1.165) is 51.9 Å². The van der Waals surface area contributed by atoms with Gasteiger partial charge < -0.3 is 14.5 Å². The Bertz CT molecular complexity index is 702. The first kappa shape index (κ1) is 21.3. The number of ether oxygens (including phenoxy) is 1. The topological polar surface area (TPSA) is 66.9 Å². The van der Waals surface area contributed by atoms with Gasteiger partial charge in [0.05, 0.1) is 6.61 Å². The Morgan fingerprint density at radius 2 is 1.55 bits per heavy atom. The molecule has 0 unspecified atom stereocenters. The van der Waals surface area contributed by atoms with Crippen LogP contribution in [-0.4, -0.2) is 60.2 Å². The van der Waals surface area contributed by atoms with Crippen LogP contribution in [0.25, 0.3) is 0 Å². The highest BCUT2D eigenvalue weighted by Crippen LogP contribution is 2.23. The molecule has 0 aromatic heterocycles. The molecule has 1 aromatic rings. The number of amides is 2. The molecule has 2 heterocycles. The molecule has 2 aliphatic rings. The molecule has 158 valence electrons. The van der Waals surface area contributed by atoms with E-state index in [4.69, 9.17) is 4.74 Å². The van der Waals surface area contributed by atoms with Crippen LogP contribution in [0.15, 0.2) is 24.3 Å². The van der Waals surface area contributed by atoms with Gasteiger partial charge in [0.25, 0.3) is 0 Å². The summed E-state index contributed by atoms with van der Waals surface area (Å²) >= 11 is 0. The molecule has 0 bridgehead atoms. The van der Waals surface area contributed by atoms with E-state index in [9.17, 15) is 14.4 Å². The lowest BCUT2D eigenvalue weighted by Gasteiger charge is -2.32. The van der Waals surface area contributed by atoms with Gasteiger partial charge in [-0.15, -0.1) is 0 Å². The molecule has 1 aromatic carbocycles. The second-order valence-corrected chi connectivity index (χ2v) is 8.15. The molecule has 2 aliphatic heterocycles. The third kappa shape index (κ3) is 6.31. The largest absolute Gasteiger partial charge is 0.494 e. The van der Waals surface area contributed by atoms with E-state index in [1.165, 1.54) is 6.92 Å². The van der Waals surface area contributed by atoms with Gasteiger partial charge in [0.15, 0.2) is 5.78 Å². The molecule has 0 aliphatic carbocycles. The van der Waals surface area contributed by atoms with Crippen LogP contribution in [0, 0.1) is 5.92 Å². The van der Waals surface area contributed by atoms with Crippen molar-refractivity contribution in [2.24, 2.45) is 5.92 Å². The van der Waals surface area contributed by atoms with Gasteiger partial charge in [-0.05, 0) is 69.2 Å². The molecule has 6 heteroatoms. The third-order valence-corrected chi connectivity index (χ3v) is 5.95. The van der Waals surface area contributed by atoms with E-state index in [0.29, 0.717) is 49.0 Å². The molecule has 2 amide bonds. The summed E-state index contributed by atoms with van der Waals surface area (Å²) in [7, 11) is 0. The highest BCUT2D eigenvalue weighted by molar-refractivity contribution is 5.94. The summed E-state index contributed by atoms with van der Waals surface area (Å²) < 4.78 is 5.66. The zero-order valence-electron chi connectivity index (χ0n) is 17.4. The zero-order valence-corrected chi connectivity index (χ0v) is 17.4. The second-order valence-electron chi connectivity index (χ2n) is 8.15. The highest BCUT2D eigenvalue weighted by atomic mass is 16.5. The number of benzene rings is 1. The average Bonchev–Trinajstić information content (AvgIpc) is 3.27. The van der Waals surface area contributed by atoms with Crippen LogP contribution in [0.2, 0.25) is 0 Å². The first-order chi connectivity index (χ1) is 14.0. The summed E-state index contributed by atoms with van der Waals surface area (Å²) in [4.78, 5) is 39.9.